The van der Waals surface area contributed by atoms with Crippen LogP contribution < -0.4 is 0 Å². The SMILES string of the molecule is CC(Br)CC(C)[C]=O. The van der Waals surface area contributed by atoms with Gasteiger partial charge in [-0.1, -0.05) is 29.8 Å². The molecule has 0 aliphatic carbocycles. The number of hydrogen-bond acceptors (Lipinski definition) is 1. The average molecular weight is 178 g/mol. The molecule has 0 aliphatic heterocycles. The second kappa shape index (κ2) is 4.07. The summed E-state index contributed by atoms with van der Waals surface area (Å²) in [7, 11) is 0. The Morgan fingerprint density at radius 2 is 2.12 bits per heavy atom. The van der Waals surface area contributed by atoms with Crippen LogP contribution in [0.2, 0.25) is 0 Å². The lowest BCUT2D eigenvalue weighted by Gasteiger charge is -2.02. The van der Waals surface area contributed by atoms with Crippen molar-refractivity contribution in [3.05, 3.63) is 0 Å². The monoisotopic (exact) mass is 177 g/mol. The van der Waals surface area contributed by atoms with Crippen molar-refractivity contribution in [2.24, 2.45) is 5.92 Å². The fraction of sp³-hybridized carbons (Fsp3) is 0.833. The Hall–Kier alpha value is 0.150. The maximum Gasteiger partial charge on any atom is 0.201 e. The van der Waals surface area contributed by atoms with Crippen molar-refractivity contribution in [2.75, 3.05) is 0 Å². The van der Waals surface area contributed by atoms with Crippen LogP contribution in [0.4, 0.5) is 0 Å². The van der Waals surface area contributed by atoms with Crippen molar-refractivity contribution >= 4 is 22.2 Å². The molecule has 0 bridgehead atoms. The molecule has 1 nitrogen and oxygen atoms in total. The Morgan fingerprint density at radius 3 is 2.25 bits per heavy atom. The minimum atomic E-state index is 0.0735. The highest BCUT2D eigenvalue weighted by Crippen LogP contribution is 2.09. The normalized spacial score (nSPS) is 17.4. The molecule has 0 heterocycles. The highest BCUT2D eigenvalue weighted by Gasteiger charge is 2.03. The van der Waals surface area contributed by atoms with Crippen LogP contribution in [0.3, 0.4) is 0 Å². The van der Waals surface area contributed by atoms with E-state index >= 15 is 0 Å². The van der Waals surface area contributed by atoms with Gasteiger partial charge in [-0.2, -0.15) is 0 Å². The third-order valence-corrected chi connectivity index (χ3v) is 1.25. The predicted molar refractivity (Wildman–Crippen MR) is 37.9 cm³/mol. The summed E-state index contributed by atoms with van der Waals surface area (Å²) in [5.74, 6) is 0.0735. The Bertz CT molecular complexity index is 70.9. The van der Waals surface area contributed by atoms with Gasteiger partial charge >= 0.3 is 0 Å². The van der Waals surface area contributed by atoms with Crippen molar-refractivity contribution in [3.63, 3.8) is 0 Å². The van der Waals surface area contributed by atoms with Gasteiger partial charge in [0.1, 0.15) is 0 Å². The molecule has 1 radical (unpaired) electrons. The van der Waals surface area contributed by atoms with E-state index in [0.717, 1.165) is 6.42 Å². The molecule has 47 valence electrons. The van der Waals surface area contributed by atoms with E-state index < -0.39 is 0 Å². The van der Waals surface area contributed by atoms with Crippen molar-refractivity contribution in [2.45, 2.75) is 25.1 Å². The molecule has 2 unspecified atom stereocenters. The van der Waals surface area contributed by atoms with E-state index in [2.05, 4.69) is 15.9 Å². The molecule has 0 spiro atoms. The summed E-state index contributed by atoms with van der Waals surface area (Å²) in [4.78, 5) is 10.3. The summed E-state index contributed by atoms with van der Waals surface area (Å²) < 4.78 is 0. The van der Waals surface area contributed by atoms with Crippen LogP contribution in [0.5, 0.6) is 0 Å². The molecule has 0 aromatic rings. The Labute approximate surface area is 58.6 Å². The van der Waals surface area contributed by atoms with Gasteiger partial charge in [0.2, 0.25) is 6.29 Å². The van der Waals surface area contributed by atoms with Crippen LogP contribution in [0, 0.1) is 5.92 Å². The van der Waals surface area contributed by atoms with Crippen molar-refractivity contribution in [1.29, 1.82) is 0 Å². The quantitative estimate of drug-likeness (QED) is 0.603. The molecule has 0 aromatic heterocycles. The molecular formula is C6H10BrO. The second-order valence-corrected chi connectivity index (χ2v) is 3.60. The maximum absolute atomic E-state index is 9.89. The fourth-order valence-corrected chi connectivity index (χ4v) is 1.10. The molecule has 0 rings (SSSR count). The summed E-state index contributed by atoms with van der Waals surface area (Å²) in [5, 5.41) is 0. The van der Waals surface area contributed by atoms with E-state index in [0.29, 0.717) is 4.83 Å². The molecule has 2 heteroatoms. The first-order valence-electron chi connectivity index (χ1n) is 2.68. The lowest BCUT2D eigenvalue weighted by molar-refractivity contribution is 0.520. The number of rotatable bonds is 3. The molecule has 0 aromatic carbocycles. The third-order valence-electron chi connectivity index (χ3n) is 0.880. The third kappa shape index (κ3) is 4.31. The molecule has 0 aliphatic rings. The molecule has 0 saturated heterocycles. The summed E-state index contributed by atoms with van der Waals surface area (Å²) in [6.45, 7) is 3.89. The van der Waals surface area contributed by atoms with Gasteiger partial charge in [-0.05, 0) is 6.42 Å². The van der Waals surface area contributed by atoms with Gasteiger partial charge in [0.05, 0.1) is 0 Å². The zero-order valence-electron chi connectivity index (χ0n) is 5.15. The maximum atomic E-state index is 9.89. The first-order valence-corrected chi connectivity index (χ1v) is 3.60. The van der Waals surface area contributed by atoms with Crippen molar-refractivity contribution < 1.29 is 4.79 Å². The van der Waals surface area contributed by atoms with Gasteiger partial charge in [0, 0.05) is 10.7 Å². The van der Waals surface area contributed by atoms with Gasteiger partial charge in [-0.15, -0.1) is 0 Å². The van der Waals surface area contributed by atoms with Crippen LogP contribution in [0.1, 0.15) is 20.3 Å². The fourth-order valence-electron chi connectivity index (χ4n) is 0.535. The zero-order chi connectivity index (χ0) is 6.57. The highest BCUT2D eigenvalue weighted by atomic mass is 79.9. The van der Waals surface area contributed by atoms with E-state index in [4.69, 9.17) is 0 Å². The first kappa shape index (κ1) is 8.15. The van der Waals surface area contributed by atoms with E-state index in [9.17, 15) is 4.79 Å². The summed E-state index contributed by atoms with van der Waals surface area (Å²) in [6.07, 6.45) is 2.79. The van der Waals surface area contributed by atoms with Gasteiger partial charge in [-0.25, -0.2) is 0 Å². The average Bonchev–Trinajstić information content (AvgIpc) is 1.65. The van der Waals surface area contributed by atoms with Crippen LogP contribution in [0.15, 0.2) is 0 Å². The van der Waals surface area contributed by atoms with Crippen molar-refractivity contribution in [1.82, 2.24) is 0 Å². The van der Waals surface area contributed by atoms with Crippen molar-refractivity contribution in [3.8, 4) is 0 Å². The summed E-state index contributed by atoms with van der Waals surface area (Å²) in [5.41, 5.74) is 0. The minimum Gasteiger partial charge on any atom is -0.291 e. The molecule has 0 fully saturated rings. The Morgan fingerprint density at radius 1 is 1.62 bits per heavy atom. The molecular weight excluding hydrogens is 168 g/mol. The van der Waals surface area contributed by atoms with Crippen LogP contribution in [0.25, 0.3) is 0 Å². The summed E-state index contributed by atoms with van der Waals surface area (Å²) in [6, 6.07) is 0. The molecule has 0 amide bonds. The minimum absolute atomic E-state index is 0.0735. The van der Waals surface area contributed by atoms with Gasteiger partial charge in [0.15, 0.2) is 0 Å². The zero-order valence-corrected chi connectivity index (χ0v) is 6.73. The van der Waals surface area contributed by atoms with Gasteiger partial charge < -0.3 is 0 Å². The Balaban J connectivity index is 3.23. The lowest BCUT2D eigenvalue weighted by atomic mass is 10.1. The highest BCUT2D eigenvalue weighted by molar-refractivity contribution is 9.09. The standard InChI is InChI=1S/C6H10BrO/c1-5(4-8)3-6(2)7/h5-6H,3H2,1-2H3. The molecule has 8 heavy (non-hydrogen) atoms. The van der Waals surface area contributed by atoms with Crippen LogP contribution in [-0.2, 0) is 4.79 Å². The predicted octanol–water partition coefficient (Wildman–Crippen LogP) is 1.91. The number of carbonyl (C=O) groups excluding carboxylic acids is 1. The van der Waals surface area contributed by atoms with Crippen LogP contribution in [-0.4, -0.2) is 11.1 Å². The smallest absolute Gasteiger partial charge is 0.201 e. The van der Waals surface area contributed by atoms with E-state index in [1.807, 2.05) is 20.1 Å². The number of halogens is 1. The van der Waals surface area contributed by atoms with E-state index in [1.54, 1.807) is 0 Å². The largest absolute Gasteiger partial charge is 0.291 e. The van der Waals surface area contributed by atoms with Crippen LogP contribution >= 0.6 is 15.9 Å². The number of hydrogen-bond donors (Lipinski definition) is 0. The molecule has 2 atom stereocenters. The van der Waals surface area contributed by atoms with E-state index in [1.165, 1.54) is 0 Å². The summed E-state index contributed by atoms with van der Waals surface area (Å²) >= 11 is 3.34. The van der Waals surface area contributed by atoms with Gasteiger partial charge in [0.25, 0.3) is 0 Å². The molecule has 0 N–H and O–H groups in total. The lowest BCUT2D eigenvalue weighted by Crippen LogP contribution is -2.01. The van der Waals surface area contributed by atoms with E-state index in [-0.39, 0.29) is 5.92 Å². The Kier molecular flexibility index (Phi) is 4.15. The van der Waals surface area contributed by atoms with Gasteiger partial charge in [-0.3, -0.25) is 4.79 Å². The topological polar surface area (TPSA) is 17.1 Å². The number of alkyl halides is 1. The first-order chi connectivity index (χ1) is 3.66. The molecule has 0 saturated carbocycles. The second-order valence-electron chi connectivity index (χ2n) is 2.04.